The molecule has 35 heavy (non-hydrogen) atoms. The van der Waals surface area contributed by atoms with Crippen molar-refractivity contribution in [1.82, 2.24) is 14.5 Å². The molecule has 0 saturated carbocycles. The summed E-state index contributed by atoms with van der Waals surface area (Å²) in [5.74, 6) is -1.11. The summed E-state index contributed by atoms with van der Waals surface area (Å²) < 4.78 is 20.9. The molecule has 1 aliphatic heterocycles. The van der Waals surface area contributed by atoms with Gasteiger partial charge in [-0.3, -0.25) is 19.1 Å². The van der Waals surface area contributed by atoms with Gasteiger partial charge in [-0.1, -0.05) is 0 Å². The number of hydrogen-bond donors (Lipinski definition) is 2. The highest BCUT2D eigenvalue weighted by molar-refractivity contribution is 5.71. The third-order valence-corrected chi connectivity index (χ3v) is 6.05. The summed E-state index contributed by atoms with van der Waals surface area (Å²) in [5, 5.41) is 12.1. The number of anilines is 2. The van der Waals surface area contributed by atoms with Crippen molar-refractivity contribution < 1.29 is 19.0 Å². The summed E-state index contributed by atoms with van der Waals surface area (Å²) in [4.78, 5) is 30.7. The predicted molar refractivity (Wildman–Crippen MR) is 131 cm³/mol. The minimum Gasteiger partial charge on any atom is -0.489 e. The lowest BCUT2D eigenvalue weighted by Gasteiger charge is -2.37. The van der Waals surface area contributed by atoms with Gasteiger partial charge < -0.3 is 15.2 Å². The molecule has 4 rings (SSSR count). The third-order valence-electron chi connectivity index (χ3n) is 6.05. The number of hydrogen-bond acceptors (Lipinski definition) is 6. The van der Waals surface area contributed by atoms with Crippen molar-refractivity contribution in [2.45, 2.75) is 40.3 Å². The van der Waals surface area contributed by atoms with E-state index in [2.05, 4.69) is 15.2 Å². The predicted octanol–water partition coefficient (Wildman–Crippen LogP) is 4.04. The van der Waals surface area contributed by atoms with Crippen LogP contribution in [-0.4, -0.2) is 44.7 Å². The van der Waals surface area contributed by atoms with E-state index in [0.717, 1.165) is 16.7 Å². The van der Waals surface area contributed by atoms with Gasteiger partial charge in [0.15, 0.2) is 5.82 Å². The molecule has 3 aromatic rings. The average Bonchev–Trinajstić information content (AvgIpc) is 2.74. The maximum Gasteiger partial charge on any atom is 0.309 e. The number of nitrogens with zero attached hydrogens (tertiary/aromatic N) is 3. The Morgan fingerprint density at radius 3 is 2.54 bits per heavy atom. The molecule has 0 bridgehead atoms. The van der Waals surface area contributed by atoms with E-state index in [9.17, 15) is 14.0 Å². The Labute approximate surface area is 203 Å². The topological polar surface area (TPSA) is 96.7 Å². The van der Waals surface area contributed by atoms with Crippen LogP contribution < -0.4 is 15.6 Å². The number of halogens is 1. The van der Waals surface area contributed by atoms with Gasteiger partial charge in [-0.05, 0) is 68.7 Å². The van der Waals surface area contributed by atoms with Crippen LogP contribution >= 0.6 is 0 Å². The molecule has 9 heteroatoms. The van der Waals surface area contributed by atoms with Crippen molar-refractivity contribution in [1.29, 1.82) is 0 Å². The number of benzene rings is 2. The van der Waals surface area contributed by atoms with Crippen molar-refractivity contribution in [3.05, 3.63) is 75.6 Å². The van der Waals surface area contributed by atoms with E-state index in [1.54, 1.807) is 6.20 Å². The molecule has 1 aromatic heterocycles. The molecule has 8 nitrogen and oxygen atoms in total. The first-order chi connectivity index (χ1) is 16.6. The quantitative estimate of drug-likeness (QED) is 0.502. The minimum atomic E-state index is -0.755. The van der Waals surface area contributed by atoms with E-state index in [4.69, 9.17) is 9.84 Å². The molecule has 2 N–H and O–H groups in total. The fraction of sp³-hybridized carbons (Fsp3) is 0.346. The van der Waals surface area contributed by atoms with Crippen LogP contribution in [0.25, 0.3) is 5.69 Å². The van der Waals surface area contributed by atoms with Gasteiger partial charge >= 0.3 is 5.97 Å². The number of nitrogens with one attached hydrogen (secondary N) is 1. The first-order valence-electron chi connectivity index (χ1n) is 11.5. The van der Waals surface area contributed by atoms with Crippen LogP contribution in [0, 0.1) is 25.6 Å². The Kier molecular flexibility index (Phi) is 6.88. The zero-order chi connectivity index (χ0) is 25.3. The second kappa shape index (κ2) is 9.87. The van der Waals surface area contributed by atoms with Crippen LogP contribution in [0.2, 0.25) is 0 Å². The van der Waals surface area contributed by atoms with E-state index >= 15 is 0 Å². The Bertz CT molecular complexity index is 1290. The molecule has 1 fully saturated rings. The molecule has 1 aliphatic rings. The smallest absolute Gasteiger partial charge is 0.309 e. The molecule has 2 heterocycles. The summed E-state index contributed by atoms with van der Waals surface area (Å²) in [5.41, 5.74) is 3.94. The number of carbonyl (C=O) groups is 1. The number of aryl methyl sites for hydroxylation is 2. The molecule has 184 valence electrons. The molecular weight excluding hydrogens is 451 g/mol. The second-order valence-electron chi connectivity index (χ2n) is 9.17. The highest BCUT2D eigenvalue weighted by atomic mass is 19.1. The van der Waals surface area contributed by atoms with Crippen LogP contribution in [0.15, 0.2) is 47.5 Å². The number of rotatable bonds is 8. The number of aromatic nitrogens is 2. The average molecular weight is 481 g/mol. The summed E-state index contributed by atoms with van der Waals surface area (Å²) in [6, 6.07) is 7.95. The maximum absolute atomic E-state index is 13.8. The Balaban J connectivity index is 1.60. The van der Waals surface area contributed by atoms with Gasteiger partial charge in [0.25, 0.3) is 5.56 Å². The number of likely N-dealkylation sites (tertiary alicyclic amines) is 1. The molecule has 0 unspecified atom stereocenters. The van der Waals surface area contributed by atoms with Crippen LogP contribution in [0.4, 0.5) is 15.9 Å². The largest absolute Gasteiger partial charge is 0.489 e. The molecule has 2 aromatic carbocycles. The monoisotopic (exact) mass is 480 g/mol. The number of aliphatic carboxylic acids is 1. The summed E-state index contributed by atoms with van der Waals surface area (Å²) in [6.07, 6.45) is 2.96. The molecular formula is C26H29FN4O4. The summed E-state index contributed by atoms with van der Waals surface area (Å²) in [6.45, 7) is 9.40. The van der Waals surface area contributed by atoms with Crippen LogP contribution in [0.1, 0.15) is 30.5 Å². The normalized spacial score (nSPS) is 14.1. The van der Waals surface area contributed by atoms with E-state index < -0.39 is 11.8 Å². The Hall–Kier alpha value is -3.72. The first kappa shape index (κ1) is 24.4. The summed E-state index contributed by atoms with van der Waals surface area (Å²) in [7, 11) is 0. The van der Waals surface area contributed by atoms with Crippen molar-refractivity contribution in [3.8, 4) is 11.4 Å². The Morgan fingerprint density at radius 1 is 1.23 bits per heavy atom. The van der Waals surface area contributed by atoms with Gasteiger partial charge in [0.1, 0.15) is 11.6 Å². The lowest BCUT2D eigenvalue weighted by atomic mass is 9.96. The molecule has 0 radical (unpaired) electrons. The molecule has 0 atom stereocenters. The third kappa shape index (κ3) is 5.35. The van der Waals surface area contributed by atoms with E-state index in [0.29, 0.717) is 36.8 Å². The van der Waals surface area contributed by atoms with Gasteiger partial charge in [0.05, 0.1) is 17.7 Å². The number of ether oxygens (including phenoxy) is 1. The van der Waals surface area contributed by atoms with Crippen LogP contribution in [-0.2, 0) is 11.3 Å². The maximum atomic E-state index is 13.8. The lowest BCUT2D eigenvalue weighted by Crippen LogP contribution is -2.49. The molecule has 0 amide bonds. The first-order valence-corrected chi connectivity index (χ1v) is 11.5. The molecule has 0 aliphatic carbocycles. The highest BCUT2D eigenvalue weighted by Gasteiger charge is 2.32. The second-order valence-corrected chi connectivity index (χ2v) is 9.17. The molecule has 1 saturated heterocycles. The van der Waals surface area contributed by atoms with Gasteiger partial charge in [0, 0.05) is 43.8 Å². The summed E-state index contributed by atoms with van der Waals surface area (Å²) >= 11 is 0. The van der Waals surface area contributed by atoms with Crippen molar-refractivity contribution in [2.24, 2.45) is 5.92 Å². The SMILES string of the molecule is Cc1cc(-n2ccnc(Nc3ccc(F)cc3OC(C)C)c2=O)cc(C)c1CN1CC(C(=O)O)C1. The van der Waals surface area contributed by atoms with Crippen molar-refractivity contribution in [3.63, 3.8) is 0 Å². The zero-order valence-corrected chi connectivity index (χ0v) is 20.2. The van der Waals surface area contributed by atoms with E-state index in [1.165, 1.54) is 29.0 Å². The fourth-order valence-corrected chi connectivity index (χ4v) is 4.22. The highest BCUT2D eigenvalue weighted by Crippen LogP contribution is 2.29. The van der Waals surface area contributed by atoms with Gasteiger partial charge in [-0.2, -0.15) is 0 Å². The van der Waals surface area contributed by atoms with Crippen LogP contribution in [0.3, 0.4) is 0 Å². The Morgan fingerprint density at radius 2 is 1.91 bits per heavy atom. The van der Waals surface area contributed by atoms with E-state index in [-0.39, 0.29) is 23.4 Å². The fourth-order valence-electron chi connectivity index (χ4n) is 4.22. The van der Waals surface area contributed by atoms with E-state index in [1.807, 2.05) is 39.8 Å². The number of carboxylic acid groups (broad SMARTS) is 1. The van der Waals surface area contributed by atoms with Crippen molar-refractivity contribution in [2.75, 3.05) is 18.4 Å². The minimum absolute atomic E-state index is 0.0902. The zero-order valence-electron chi connectivity index (χ0n) is 20.2. The van der Waals surface area contributed by atoms with Crippen LogP contribution in [0.5, 0.6) is 5.75 Å². The molecule has 0 spiro atoms. The standard InChI is InChI=1S/C26H29FN4O4/c1-15(2)35-23-11-19(27)5-6-22(23)29-24-25(32)31(8-7-28-24)20-9-16(3)21(17(4)10-20)14-30-12-18(13-30)26(33)34/h5-11,15,18H,12-14H2,1-4H3,(H,28,29)(H,33,34). The lowest BCUT2D eigenvalue weighted by molar-refractivity contribution is -0.147. The van der Waals surface area contributed by atoms with Gasteiger partial charge in [-0.15, -0.1) is 0 Å². The van der Waals surface area contributed by atoms with Gasteiger partial charge in [0.2, 0.25) is 0 Å². The van der Waals surface area contributed by atoms with Crippen molar-refractivity contribution >= 4 is 17.5 Å². The number of carboxylic acids is 1. The van der Waals surface area contributed by atoms with Gasteiger partial charge in [-0.25, -0.2) is 9.37 Å².